The van der Waals surface area contributed by atoms with Gasteiger partial charge in [-0.1, -0.05) is 24.3 Å². The molecule has 0 N–H and O–H groups in total. The Morgan fingerprint density at radius 2 is 1.50 bits per heavy atom. The number of hydrogen-bond acceptors (Lipinski definition) is 3. The van der Waals surface area contributed by atoms with Crippen molar-refractivity contribution in [1.29, 1.82) is 0 Å². The summed E-state index contributed by atoms with van der Waals surface area (Å²) in [6.07, 6.45) is 0. The van der Waals surface area contributed by atoms with Crippen molar-refractivity contribution >= 4 is 15.7 Å². The maximum absolute atomic E-state index is 14.3. The lowest BCUT2D eigenvalue weighted by atomic mass is 10.1. The van der Waals surface area contributed by atoms with E-state index in [9.17, 15) is 17.2 Å². The van der Waals surface area contributed by atoms with Gasteiger partial charge in [0.1, 0.15) is 22.3 Å². The third kappa shape index (κ3) is 3.84. The van der Waals surface area contributed by atoms with E-state index in [-0.39, 0.29) is 0 Å². The standard InChI is InChI=1S/C21H19F2NO3S/c1-15(16-7-9-17(22)10-8-16)24(18-11-13-19(27-2)14-12-18)28(25,26)21-6-4-3-5-20(21)23/h3-15H,1-2H3. The number of hydrogen-bond donors (Lipinski definition) is 0. The van der Waals surface area contributed by atoms with E-state index in [0.29, 0.717) is 17.0 Å². The van der Waals surface area contributed by atoms with E-state index in [1.807, 2.05) is 0 Å². The molecule has 3 aromatic rings. The highest BCUT2D eigenvalue weighted by atomic mass is 32.2. The topological polar surface area (TPSA) is 46.6 Å². The van der Waals surface area contributed by atoms with Crippen LogP contribution in [-0.4, -0.2) is 15.5 Å². The molecule has 0 bridgehead atoms. The SMILES string of the molecule is COc1ccc(N(C(C)c2ccc(F)cc2)S(=O)(=O)c2ccccc2F)cc1. The van der Waals surface area contributed by atoms with Crippen molar-refractivity contribution in [3.63, 3.8) is 0 Å². The average Bonchev–Trinajstić information content (AvgIpc) is 2.69. The maximum Gasteiger partial charge on any atom is 0.267 e. The predicted molar refractivity (Wildman–Crippen MR) is 104 cm³/mol. The number of nitrogens with zero attached hydrogens (tertiary/aromatic N) is 1. The van der Waals surface area contributed by atoms with E-state index in [1.54, 1.807) is 31.2 Å². The summed E-state index contributed by atoms with van der Waals surface area (Å²) in [7, 11) is -2.73. The monoisotopic (exact) mass is 403 g/mol. The lowest BCUT2D eigenvalue weighted by Crippen LogP contribution is -2.34. The van der Waals surface area contributed by atoms with Gasteiger partial charge in [0.15, 0.2) is 0 Å². The van der Waals surface area contributed by atoms with Crippen LogP contribution in [0.3, 0.4) is 0 Å². The number of ether oxygens (including phenoxy) is 1. The Labute approximate surface area is 163 Å². The summed E-state index contributed by atoms with van der Waals surface area (Å²) >= 11 is 0. The molecule has 0 fully saturated rings. The van der Waals surface area contributed by atoms with Crippen molar-refractivity contribution in [1.82, 2.24) is 0 Å². The molecular weight excluding hydrogens is 384 g/mol. The zero-order chi connectivity index (χ0) is 20.3. The highest BCUT2D eigenvalue weighted by molar-refractivity contribution is 7.92. The fourth-order valence-corrected chi connectivity index (χ4v) is 4.65. The maximum atomic E-state index is 14.3. The molecule has 1 unspecified atom stereocenters. The number of benzene rings is 3. The van der Waals surface area contributed by atoms with Crippen molar-refractivity contribution in [2.45, 2.75) is 17.9 Å². The molecule has 0 saturated heterocycles. The van der Waals surface area contributed by atoms with Crippen LogP contribution in [0.1, 0.15) is 18.5 Å². The van der Waals surface area contributed by atoms with Crippen LogP contribution < -0.4 is 9.04 Å². The van der Waals surface area contributed by atoms with E-state index < -0.39 is 32.6 Å². The first-order valence-electron chi connectivity index (χ1n) is 8.53. The van der Waals surface area contributed by atoms with Gasteiger partial charge in [0, 0.05) is 0 Å². The second kappa shape index (κ2) is 7.98. The fourth-order valence-electron chi connectivity index (χ4n) is 2.94. The van der Waals surface area contributed by atoms with Gasteiger partial charge in [-0.25, -0.2) is 17.2 Å². The first-order chi connectivity index (χ1) is 13.3. The summed E-state index contributed by atoms with van der Waals surface area (Å²) < 4.78 is 60.6. The van der Waals surface area contributed by atoms with Crippen LogP contribution in [0.15, 0.2) is 77.7 Å². The fraction of sp³-hybridized carbons (Fsp3) is 0.143. The highest BCUT2D eigenvalue weighted by Crippen LogP contribution is 2.34. The van der Waals surface area contributed by atoms with Gasteiger partial charge in [0.2, 0.25) is 0 Å². The summed E-state index contributed by atoms with van der Waals surface area (Å²) in [5.41, 5.74) is 0.901. The summed E-state index contributed by atoms with van der Waals surface area (Å²) in [6.45, 7) is 1.66. The zero-order valence-corrected chi connectivity index (χ0v) is 16.2. The van der Waals surface area contributed by atoms with Crippen molar-refractivity contribution < 1.29 is 21.9 Å². The molecule has 146 valence electrons. The molecule has 1 atom stereocenters. The molecule has 4 nitrogen and oxygen atoms in total. The number of anilines is 1. The van der Waals surface area contributed by atoms with Crippen molar-refractivity contribution in [2.75, 3.05) is 11.4 Å². The average molecular weight is 403 g/mol. The Bertz CT molecular complexity index is 1050. The van der Waals surface area contributed by atoms with Gasteiger partial charge < -0.3 is 4.74 Å². The molecule has 0 radical (unpaired) electrons. The van der Waals surface area contributed by atoms with Crippen molar-refractivity contribution in [3.05, 3.63) is 90.0 Å². The molecule has 0 amide bonds. The smallest absolute Gasteiger partial charge is 0.267 e. The highest BCUT2D eigenvalue weighted by Gasteiger charge is 2.32. The Morgan fingerprint density at radius 1 is 0.893 bits per heavy atom. The normalized spacial score (nSPS) is 12.4. The molecule has 0 heterocycles. The first-order valence-corrected chi connectivity index (χ1v) is 9.97. The van der Waals surface area contributed by atoms with Crippen LogP contribution in [0.2, 0.25) is 0 Å². The van der Waals surface area contributed by atoms with Crippen LogP contribution in [-0.2, 0) is 10.0 Å². The first kappa shape index (κ1) is 19.8. The van der Waals surface area contributed by atoms with Gasteiger partial charge >= 0.3 is 0 Å². The van der Waals surface area contributed by atoms with Crippen molar-refractivity contribution in [3.8, 4) is 5.75 Å². The Hall–Kier alpha value is -2.93. The Kier molecular flexibility index (Phi) is 5.65. The zero-order valence-electron chi connectivity index (χ0n) is 15.3. The quantitative estimate of drug-likeness (QED) is 0.586. The molecular formula is C21H19F2NO3S. The number of halogens is 2. The number of sulfonamides is 1. The third-order valence-electron chi connectivity index (χ3n) is 4.40. The van der Waals surface area contributed by atoms with Crippen LogP contribution in [0.5, 0.6) is 5.75 Å². The largest absolute Gasteiger partial charge is 0.497 e. The van der Waals surface area contributed by atoms with E-state index in [4.69, 9.17) is 4.74 Å². The summed E-state index contributed by atoms with van der Waals surface area (Å²) in [4.78, 5) is -0.431. The van der Waals surface area contributed by atoms with Gasteiger partial charge in [-0.15, -0.1) is 0 Å². The van der Waals surface area contributed by atoms with E-state index >= 15 is 0 Å². The van der Waals surface area contributed by atoms with Crippen LogP contribution in [0, 0.1) is 11.6 Å². The van der Waals surface area contributed by atoms with Crippen LogP contribution in [0.4, 0.5) is 14.5 Å². The summed E-state index contributed by atoms with van der Waals surface area (Å²) in [5.74, 6) is -0.711. The molecule has 3 aromatic carbocycles. The lowest BCUT2D eigenvalue weighted by molar-refractivity contribution is 0.415. The minimum atomic E-state index is -4.24. The van der Waals surface area contributed by atoms with Gasteiger partial charge in [-0.05, 0) is 61.0 Å². The minimum absolute atomic E-state index is 0.334. The van der Waals surface area contributed by atoms with Gasteiger partial charge in [0.05, 0.1) is 18.8 Å². The number of rotatable bonds is 6. The summed E-state index contributed by atoms with van der Waals surface area (Å²) in [6, 6.07) is 16.4. The molecule has 3 rings (SSSR count). The minimum Gasteiger partial charge on any atom is -0.497 e. The molecule has 7 heteroatoms. The second-order valence-corrected chi connectivity index (χ2v) is 7.94. The molecule has 0 aliphatic rings. The second-order valence-electron chi connectivity index (χ2n) is 6.16. The van der Waals surface area contributed by atoms with E-state index in [2.05, 4.69) is 0 Å². The third-order valence-corrected chi connectivity index (χ3v) is 6.34. The van der Waals surface area contributed by atoms with Gasteiger partial charge in [-0.3, -0.25) is 4.31 Å². The predicted octanol–water partition coefficient (Wildman–Crippen LogP) is 4.93. The Balaban J connectivity index is 2.15. The van der Waals surface area contributed by atoms with Crippen LogP contribution >= 0.6 is 0 Å². The molecule has 0 aliphatic carbocycles. The van der Waals surface area contributed by atoms with Gasteiger partial charge in [-0.2, -0.15) is 0 Å². The van der Waals surface area contributed by atoms with E-state index in [1.165, 1.54) is 49.6 Å². The molecule has 0 spiro atoms. The van der Waals surface area contributed by atoms with Gasteiger partial charge in [0.25, 0.3) is 10.0 Å². The van der Waals surface area contributed by atoms with Crippen LogP contribution in [0.25, 0.3) is 0 Å². The summed E-state index contributed by atoms with van der Waals surface area (Å²) in [5, 5.41) is 0. The van der Waals surface area contributed by atoms with E-state index in [0.717, 1.165) is 10.4 Å². The molecule has 0 aromatic heterocycles. The lowest BCUT2D eigenvalue weighted by Gasteiger charge is -2.31. The molecule has 28 heavy (non-hydrogen) atoms. The Morgan fingerprint density at radius 3 is 2.07 bits per heavy atom. The molecule has 0 saturated carbocycles. The number of methoxy groups -OCH3 is 1. The molecule has 0 aliphatic heterocycles. The van der Waals surface area contributed by atoms with Crippen molar-refractivity contribution in [2.24, 2.45) is 0 Å².